The van der Waals surface area contributed by atoms with Crippen molar-refractivity contribution in [2.24, 2.45) is 0 Å². The number of hydrogen-bond donors (Lipinski definition) is 0. The summed E-state index contributed by atoms with van der Waals surface area (Å²) >= 11 is 0. The molecule has 9 heteroatoms. The number of nitrogens with zero attached hydrogens (tertiary/aromatic N) is 2. The van der Waals surface area contributed by atoms with Crippen LogP contribution in [0, 0.1) is 0 Å². The molecule has 266 valence electrons. The fourth-order valence-corrected chi connectivity index (χ4v) is 5.29. The molecule has 4 aromatic carbocycles. The van der Waals surface area contributed by atoms with Crippen LogP contribution < -0.4 is 18.9 Å². The third kappa shape index (κ3) is 11.6. The Morgan fingerprint density at radius 3 is 1.37 bits per heavy atom. The number of esters is 2. The standard InChI is InChI=1S/C42H46N2O7/c1-3-5-7-9-11-29-47-35-21-17-33(18-22-35)41(45)49-37-25-13-31(14-26-37)39-43-40(51-44-39)32-15-27-38(28-16-32)50-42(46)34-19-23-36(24-20-34)48-30-12-10-8-6-4-2/h13-28H,3-12,29-30H2,1-2H3. The molecule has 0 amide bonds. The van der Waals surface area contributed by atoms with E-state index in [1.54, 1.807) is 97.1 Å². The Morgan fingerprint density at radius 2 is 0.922 bits per heavy atom. The second-order valence-corrected chi connectivity index (χ2v) is 12.3. The number of carbonyl (C=O) groups is 2. The zero-order chi connectivity index (χ0) is 35.7. The van der Waals surface area contributed by atoms with Crippen LogP contribution in [-0.2, 0) is 0 Å². The lowest BCUT2D eigenvalue weighted by Crippen LogP contribution is -2.08. The van der Waals surface area contributed by atoms with Gasteiger partial charge in [-0.05, 0) is 110 Å². The van der Waals surface area contributed by atoms with Gasteiger partial charge in [-0.25, -0.2) is 9.59 Å². The average molecular weight is 691 g/mol. The van der Waals surface area contributed by atoms with E-state index in [1.807, 2.05) is 0 Å². The molecule has 0 spiro atoms. The highest BCUT2D eigenvalue weighted by molar-refractivity contribution is 5.91. The van der Waals surface area contributed by atoms with Crippen LogP contribution in [0.1, 0.15) is 98.8 Å². The van der Waals surface area contributed by atoms with Gasteiger partial charge in [0.1, 0.15) is 23.0 Å². The summed E-state index contributed by atoms with van der Waals surface area (Å²) in [6.45, 7) is 5.72. The molecule has 5 rings (SSSR count). The molecular formula is C42H46N2O7. The zero-order valence-electron chi connectivity index (χ0n) is 29.5. The van der Waals surface area contributed by atoms with E-state index in [-0.39, 0.29) is 0 Å². The minimum atomic E-state index is -0.464. The molecule has 9 nitrogen and oxygen atoms in total. The first kappa shape index (κ1) is 36.8. The van der Waals surface area contributed by atoms with Gasteiger partial charge < -0.3 is 23.5 Å². The molecule has 0 atom stereocenters. The van der Waals surface area contributed by atoms with Crippen LogP contribution in [-0.4, -0.2) is 35.3 Å². The molecule has 0 unspecified atom stereocenters. The molecule has 0 radical (unpaired) electrons. The Labute approximate surface area is 299 Å². The number of unbranched alkanes of at least 4 members (excludes halogenated alkanes) is 8. The van der Waals surface area contributed by atoms with Crippen molar-refractivity contribution in [2.45, 2.75) is 78.1 Å². The molecule has 0 saturated heterocycles. The lowest BCUT2D eigenvalue weighted by Gasteiger charge is -2.08. The Kier molecular flexibility index (Phi) is 14.2. The lowest BCUT2D eigenvalue weighted by atomic mass is 10.2. The highest BCUT2D eigenvalue weighted by atomic mass is 16.5. The number of rotatable bonds is 20. The molecule has 0 saturated carbocycles. The molecule has 0 bridgehead atoms. The van der Waals surface area contributed by atoms with E-state index in [9.17, 15) is 9.59 Å². The zero-order valence-corrected chi connectivity index (χ0v) is 29.5. The van der Waals surface area contributed by atoms with E-state index >= 15 is 0 Å². The average Bonchev–Trinajstić information content (AvgIpc) is 3.66. The van der Waals surface area contributed by atoms with Crippen LogP contribution in [0.4, 0.5) is 0 Å². The molecule has 1 heterocycles. The van der Waals surface area contributed by atoms with Gasteiger partial charge in [0.2, 0.25) is 5.82 Å². The Bertz CT molecular complexity index is 1650. The van der Waals surface area contributed by atoms with Crippen LogP contribution in [0.15, 0.2) is 102 Å². The summed E-state index contributed by atoms with van der Waals surface area (Å²) in [5.41, 5.74) is 2.22. The van der Waals surface area contributed by atoms with Crippen LogP contribution in [0.2, 0.25) is 0 Å². The smallest absolute Gasteiger partial charge is 0.343 e. The molecular weight excluding hydrogens is 644 g/mol. The quantitative estimate of drug-likeness (QED) is 0.0447. The van der Waals surface area contributed by atoms with Gasteiger partial charge in [0, 0.05) is 11.1 Å². The largest absolute Gasteiger partial charge is 0.494 e. The van der Waals surface area contributed by atoms with Crippen molar-refractivity contribution >= 4 is 11.9 Å². The fraction of sp³-hybridized carbons (Fsp3) is 0.333. The molecule has 0 aliphatic rings. The lowest BCUT2D eigenvalue weighted by molar-refractivity contribution is 0.0725. The summed E-state index contributed by atoms with van der Waals surface area (Å²) in [6.07, 6.45) is 11.7. The summed E-state index contributed by atoms with van der Waals surface area (Å²) in [5, 5.41) is 4.10. The van der Waals surface area contributed by atoms with E-state index in [4.69, 9.17) is 23.5 Å². The first-order chi connectivity index (χ1) is 25.0. The summed E-state index contributed by atoms with van der Waals surface area (Å²) in [5.74, 6) is 2.01. The monoisotopic (exact) mass is 690 g/mol. The minimum absolute atomic E-state index is 0.309. The molecule has 0 aliphatic carbocycles. The SMILES string of the molecule is CCCCCCCOc1ccc(C(=O)Oc2ccc(-c3noc(-c4ccc(OC(=O)c5ccc(OCCCCCCC)cc5)cc4)n3)cc2)cc1. The number of hydrogen-bond acceptors (Lipinski definition) is 9. The van der Waals surface area contributed by atoms with Gasteiger partial charge in [0.25, 0.3) is 5.89 Å². The van der Waals surface area contributed by atoms with Crippen molar-refractivity contribution < 1.29 is 33.1 Å². The van der Waals surface area contributed by atoms with E-state index < -0.39 is 11.9 Å². The third-order valence-corrected chi connectivity index (χ3v) is 8.27. The van der Waals surface area contributed by atoms with Crippen molar-refractivity contribution in [3.8, 4) is 45.8 Å². The summed E-state index contributed by atoms with van der Waals surface area (Å²) in [6, 6.07) is 27.6. The third-order valence-electron chi connectivity index (χ3n) is 8.27. The Balaban J connectivity index is 1.07. The van der Waals surface area contributed by atoms with E-state index in [0.29, 0.717) is 58.7 Å². The van der Waals surface area contributed by atoms with Gasteiger partial charge in [0.05, 0.1) is 24.3 Å². The first-order valence-corrected chi connectivity index (χ1v) is 18.0. The van der Waals surface area contributed by atoms with Crippen molar-refractivity contribution in [2.75, 3.05) is 13.2 Å². The van der Waals surface area contributed by atoms with Crippen molar-refractivity contribution in [3.63, 3.8) is 0 Å². The van der Waals surface area contributed by atoms with Crippen LogP contribution in [0.25, 0.3) is 22.8 Å². The van der Waals surface area contributed by atoms with Gasteiger partial charge in [-0.3, -0.25) is 0 Å². The molecule has 5 aromatic rings. The summed E-state index contributed by atoms with van der Waals surface area (Å²) < 4.78 is 28.2. The topological polar surface area (TPSA) is 110 Å². The predicted molar refractivity (Wildman–Crippen MR) is 196 cm³/mol. The fourth-order valence-electron chi connectivity index (χ4n) is 5.29. The van der Waals surface area contributed by atoms with Crippen LogP contribution >= 0.6 is 0 Å². The highest BCUT2D eigenvalue weighted by Gasteiger charge is 2.14. The van der Waals surface area contributed by atoms with E-state index in [1.165, 1.54) is 38.5 Å². The molecule has 51 heavy (non-hydrogen) atoms. The number of carbonyl (C=O) groups excluding carboxylic acids is 2. The Morgan fingerprint density at radius 1 is 0.510 bits per heavy atom. The normalized spacial score (nSPS) is 10.9. The second kappa shape index (κ2) is 19.7. The summed E-state index contributed by atoms with van der Waals surface area (Å²) in [7, 11) is 0. The van der Waals surface area contributed by atoms with Gasteiger partial charge >= 0.3 is 11.9 Å². The number of ether oxygens (including phenoxy) is 4. The maximum absolute atomic E-state index is 12.7. The van der Waals surface area contributed by atoms with Crippen LogP contribution in [0.3, 0.4) is 0 Å². The number of benzene rings is 4. The van der Waals surface area contributed by atoms with Gasteiger partial charge in [-0.15, -0.1) is 0 Å². The minimum Gasteiger partial charge on any atom is -0.494 e. The molecule has 0 aliphatic heterocycles. The van der Waals surface area contributed by atoms with Gasteiger partial charge in [-0.2, -0.15) is 4.98 Å². The van der Waals surface area contributed by atoms with E-state index in [2.05, 4.69) is 24.0 Å². The van der Waals surface area contributed by atoms with Gasteiger partial charge in [-0.1, -0.05) is 70.4 Å². The first-order valence-electron chi connectivity index (χ1n) is 18.0. The Hall–Kier alpha value is -5.44. The molecule has 0 fully saturated rings. The molecule has 1 aromatic heterocycles. The highest BCUT2D eigenvalue weighted by Crippen LogP contribution is 2.26. The van der Waals surface area contributed by atoms with Crippen LogP contribution in [0.5, 0.6) is 23.0 Å². The maximum atomic E-state index is 12.7. The van der Waals surface area contributed by atoms with Gasteiger partial charge in [0.15, 0.2) is 0 Å². The predicted octanol–water partition coefficient (Wildman–Crippen LogP) is 10.5. The number of aromatic nitrogens is 2. The van der Waals surface area contributed by atoms with Crippen molar-refractivity contribution in [3.05, 3.63) is 108 Å². The second-order valence-electron chi connectivity index (χ2n) is 12.3. The van der Waals surface area contributed by atoms with Crippen molar-refractivity contribution in [1.29, 1.82) is 0 Å². The maximum Gasteiger partial charge on any atom is 0.343 e. The van der Waals surface area contributed by atoms with E-state index in [0.717, 1.165) is 37.2 Å². The summed E-state index contributed by atoms with van der Waals surface area (Å²) in [4.78, 5) is 29.9. The molecule has 0 N–H and O–H groups in total. The van der Waals surface area contributed by atoms with Crippen molar-refractivity contribution in [1.82, 2.24) is 10.1 Å².